The third-order valence-corrected chi connectivity index (χ3v) is 7.98. The summed E-state index contributed by atoms with van der Waals surface area (Å²) in [5.41, 5.74) is 2.24. The summed E-state index contributed by atoms with van der Waals surface area (Å²) < 4.78 is 28.2. The zero-order chi connectivity index (χ0) is 22.2. The number of hydrogen-bond donors (Lipinski definition) is 1. The minimum absolute atomic E-state index is 0.0360. The maximum Gasteiger partial charge on any atom is 0.265 e. The lowest BCUT2D eigenvalue weighted by atomic mass is 10.0. The maximum atomic E-state index is 12.7. The Kier molecular flexibility index (Phi) is 6.08. The molecular formula is C23H17Cl2NO3S2. The number of carbonyl (C=O) groups is 1. The highest BCUT2D eigenvalue weighted by atomic mass is 35.5. The van der Waals surface area contributed by atoms with Gasteiger partial charge in [0.05, 0.1) is 4.90 Å². The van der Waals surface area contributed by atoms with Gasteiger partial charge in [0, 0.05) is 31.6 Å². The first kappa shape index (κ1) is 21.8. The molecule has 0 saturated heterocycles. The number of fused-ring (bicyclic) bond motifs is 1. The smallest absolute Gasteiger partial charge is 0.265 e. The van der Waals surface area contributed by atoms with Crippen LogP contribution in [0.15, 0.2) is 71.6 Å². The van der Waals surface area contributed by atoms with Crippen molar-refractivity contribution in [3.8, 4) is 0 Å². The van der Waals surface area contributed by atoms with Crippen molar-refractivity contribution in [3.63, 3.8) is 0 Å². The fourth-order valence-electron chi connectivity index (χ4n) is 3.33. The van der Waals surface area contributed by atoms with Crippen molar-refractivity contribution in [1.82, 2.24) is 4.72 Å². The molecule has 3 aromatic carbocycles. The van der Waals surface area contributed by atoms with Gasteiger partial charge in [-0.3, -0.25) is 4.79 Å². The van der Waals surface area contributed by atoms with Crippen LogP contribution in [0.4, 0.5) is 0 Å². The molecule has 0 bridgehead atoms. The number of amides is 1. The zero-order valence-electron chi connectivity index (χ0n) is 16.4. The van der Waals surface area contributed by atoms with Gasteiger partial charge in [-0.2, -0.15) is 0 Å². The number of rotatable bonds is 5. The van der Waals surface area contributed by atoms with E-state index >= 15 is 0 Å². The minimum atomic E-state index is -3.95. The van der Waals surface area contributed by atoms with Gasteiger partial charge in [0.2, 0.25) is 0 Å². The van der Waals surface area contributed by atoms with E-state index in [1.807, 2.05) is 19.1 Å². The third-order valence-electron chi connectivity index (χ3n) is 4.92. The Morgan fingerprint density at radius 2 is 1.74 bits per heavy atom. The summed E-state index contributed by atoms with van der Waals surface area (Å²) in [7, 11) is -3.95. The lowest BCUT2D eigenvalue weighted by Gasteiger charge is -2.08. The number of carbonyl (C=O) groups excluding carboxylic acids is 1. The van der Waals surface area contributed by atoms with E-state index in [2.05, 4.69) is 4.72 Å². The van der Waals surface area contributed by atoms with Crippen LogP contribution in [0.3, 0.4) is 0 Å². The van der Waals surface area contributed by atoms with Gasteiger partial charge in [-0.15, -0.1) is 11.3 Å². The summed E-state index contributed by atoms with van der Waals surface area (Å²) in [6.45, 7) is 2.02. The lowest BCUT2D eigenvalue weighted by Crippen LogP contribution is -2.30. The standard InChI is InChI=1S/C23H17Cl2NO3S2/c1-14-19(11-15-7-9-17(24)13-21(15)25)20-12-16(8-10-22(20)30-14)23(27)26-31(28,29)18-5-3-2-4-6-18/h2-10,12-13H,11H2,1H3,(H,26,27). The van der Waals surface area contributed by atoms with Crippen LogP contribution in [-0.4, -0.2) is 14.3 Å². The van der Waals surface area contributed by atoms with Crippen molar-refractivity contribution in [2.45, 2.75) is 18.2 Å². The highest BCUT2D eigenvalue weighted by Gasteiger charge is 2.20. The van der Waals surface area contributed by atoms with Crippen molar-refractivity contribution >= 4 is 60.6 Å². The van der Waals surface area contributed by atoms with E-state index in [4.69, 9.17) is 23.2 Å². The van der Waals surface area contributed by atoms with Crippen molar-refractivity contribution < 1.29 is 13.2 Å². The molecular weight excluding hydrogens is 473 g/mol. The van der Waals surface area contributed by atoms with Crippen molar-refractivity contribution in [2.24, 2.45) is 0 Å². The summed E-state index contributed by atoms with van der Waals surface area (Å²) >= 11 is 14.0. The van der Waals surface area contributed by atoms with E-state index in [-0.39, 0.29) is 10.5 Å². The number of aryl methyl sites for hydroxylation is 1. The Labute approximate surface area is 194 Å². The number of thiophene rings is 1. The van der Waals surface area contributed by atoms with Crippen LogP contribution in [-0.2, 0) is 16.4 Å². The molecule has 1 N–H and O–H groups in total. The van der Waals surface area contributed by atoms with Crippen LogP contribution in [0.2, 0.25) is 10.0 Å². The minimum Gasteiger partial charge on any atom is -0.268 e. The highest BCUT2D eigenvalue weighted by Crippen LogP contribution is 2.35. The number of benzene rings is 3. The van der Waals surface area contributed by atoms with Crippen LogP contribution in [0.1, 0.15) is 26.4 Å². The van der Waals surface area contributed by atoms with Crippen LogP contribution in [0.5, 0.6) is 0 Å². The average Bonchev–Trinajstić information content (AvgIpc) is 3.04. The fraction of sp³-hybridized carbons (Fsp3) is 0.0870. The van der Waals surface area contributed by atoms with Crippen molar-refractivity contribution in [2.75, 3.05) is 0 Å². The summed E-state index contributed by atoms with van der Waals surface area (Å²) in [4.78, 5) is 13.9. The summed E-state index contributed by atoms with van der Waals surface area (Å²) in [5.74, 6) is -0.676. The molecule has 31 heavy (non-hydrogen) atoms. The Balaban J connectivity index is 1.67. The van der Waals surface area contributed by atoms with E-state index in [9.17, 15) is 13.2 Å². The molecule has 1 amide bonds. The molecule has 0 aliphatic rings. The Bertz CT molecular complexity index is 1400. The first-order valence-electron chi connectivity index (χ1n) is 9.33. The van der Waals surface area contributed by atoms with Gasteiger partial charge in [0.15, 0.2) is 0 Å². The van der Waals surface area contributed by atoms with E-state index in [1.165, 1.54) is 12.1 Å². The van der Waals surface area contributed by atoms with Crippen LogP contribution >= 0.6 is 34.5 Å². The summed E-state index contributed by atoms with van der Waals surface area (Å²) in [6, 6.07) is 18.4. The second-order valence-electron chi connectivity index (χ2n) is 7.01. The molecule has 4 nitrogen and oxygen atoms in total. The van der Waals surface area contributed by atoms with Gasteiger partial charge in [-0.1, -0.05) is 47.5 Å². The van der Waals surface area contributed by atoms with Crippen LogP contribution in [0, 0.1) is 6.92 Å². The van der Waals surface area contributed by atoms with Gasteiger partial charge >= 0.3 is 0 Å². The fourth-order valence-corrected chi connectivity index (χ4v) is 5.86. The monoisotopic (exact) mass is 489 g/mol. The Morgan fingerprint density at radius 1 is 1.00 bits per heavy atom. The Morgan fingerprint density at radius 3 is 2.45 bits per heavy atom. The molecule has 0 saturated carbocycles. The normalized spacial score (nSPS) is 11.6. The van der Waals surface area contributed by atoms with Crippen LogP contribution in [0.25, 0.3) is 10.1 Å². The first-order valence-corrected chi connectivity index (χ1v) is 12.4. The SMILES string of the molecule is Cc1sc2ccc(C(=O)NS(=O)(=O)c3ccccc3)cc2c1Cc1ccc(Cl)cc1Cl. The molecule has 0 aliphatic heterocycles. The molecule has 0 aliphatic carbocycles. The second-order valence-corrected chi connectivity index (χ2v) is 10.8. The summed E-state index contributed by atoms with van der Waals surface area (Å²) in [5, 5.41) is 2.05. The zero-order valence-corrected chi connectivity index (χ0v) is 19.5. The Hall–Kier alpha value is -2.38. The molecule has 1 heterocycles. The predicted octanol–water partition coefficient (Wildman–Crippen LogP) is 6.23. The molecule has 0 fully saturated rings. The average molecular weight is 490 g/mol. The molecule has 1 aromatic heterocycles. The third kappa shape index (κ3) is 4.62. The van der Waals surface area contributed by atoms with Crippen molar-refractivity contribution in [3.05, 3.63) is 98.3 Å². The maximum absolute atomic E-state index is 12.7. The lowest BCUT2D eigenvalue weighted by molar-refractivity contribution is 0.0981. The van der Waals surface area contributed by atoms with Gasteiger partial charge in [0.1, 0.15) is 0 Å². The largest absolute Gasteiger partial charge is 0.268 e. The summed E-state index contributed by atoms with van der Waals surface area (Å²) in [6.07, 6.45) is 0.579. The highest BCUT2D eigenvalue weighted by molar-refractivity contribution is 7.90. The van der Waals surface area contributed by atoms with E-state index < -0.39 is 15.9 Å². The van der Waals surface area contributed by atoms with Gasteiger partial charge in [-0.25, -0.2) is 13.1 Å². The van der Waals surface area contributed by atoms with Crippen molar-refractivity contribution in [1.29, 1.82) is 0 Å². The number of halogens is 2. The first-order chi connectivity index (χ1) is 14.7. The topological polar surface area (TPSA) is 63.2 Å². The van der Waals surface area contributed by atoms with E-state index in [0.717, 1.165) is 26.1 Å². The molecule has 0 spiro atoms. The molecule has 0 atom stereocenters. The molecule has 8 heteroatoms. The van der Waals surface area contributed by atoms with Crippen LogP contribution < -0.4 is 4.72 Å². The number of hydrogen-bond acceptors (Lipinski definition) is 4. The molecule has 4 rings (SSSR count). The molecule has 0 radical (unpaired) electrons. The molecule has 4 aromatic rings. The quantitative estimate of drug-likeness (QED) is 0.361. The van der Waals surface area contributed by atoms with Gasteiger partial charge in [0.25, 0.3) is 15.9 Å². The molecule has 158 valence electrons. The second kappa shape index (κ2) is 8.63. The number of sulfonamides is 1. The molecule has 0 unspecified atom stereocenters. The number of nitrogens with one attached hydrogen (secondary N) is 1. The van der Waals surface area contributed by atoms with Gasteiger partial charge < -0.3 is 0 Å². The van der Waals surface area contributed by atoms with E-state index in [1.54, 1.807) is 53.8 Å². The van der Waals surface area contributed by atoms with Gasteiger partial charge in [-0.05, 0) is 65.9 Å². The predicted molar refractivity (Wildman–Crippen MR) is 127 cm³/mol. The van der Waals surface area contributed by atoms with E-state index in [0.29, 0.717) is 16.5 Å².